The minimum atomic E-state index is -2.88. The van der Waals surface area contributed by atoms with Crippen molar-refractivity contribution in [3.63, 3.8) is 0 Å². The van der Waals surface area contributed by atoms with E-state index >= 15 is 0 Å². The van der Waals surface area contributed by atoms with Crippen LogP contribution in [0.5, 0.6) is 0 Å². The maximum atomic E-state index is 10.9. The first-order valence-electron chi connectivity index (χ1n) is 3.61. The third kappa shape index (κ3) is 4.78. The molecule has 0 spiro atoms. The second-order valence-corrected chi connectivity index (χ2v) is 4.69. The Balaban J connectivity index is 3.75. The van der Waals surface area contributed by atoms with Crippen molar-refractivity contribution in [2.45, 2.75) is 26.7 Å². The van der Waals surface area contributed by atoms with Gasteiger partial charge in [-0.3, -0.25) is 4.57 Å². The van der Waals surface area contributed by atoms with Crippen molar-refractivity contribution in [3.05, 3.63) is 11.9 Å². The molecule has 0 aliphatic carbocycles. The molecule has 0 aromatic heterocycles. The van der Waals surface area contributed by atoms with Crippen LogP contribution in [0.1, 0.15) is 26.7 Å². The minimum Gasteiger partial charge on any atom is -0.341 e. The van der Waals surface area contributed by atoms with Gasteiger partial charge in [0.05, 0.1) is 0 Å². The highest BCUT2D eigenvalue weighted by atomic mass is 31.2. The Hall–Kier alpha value is -0.0700. The number of hydrogen-bond donors (Lipinski definition) is 1. The van der Waals surface area contributed by atoms with E-state index in [4.69, 9.17) is 4.89 Å². The summed E-state index contributed by atoms with van der Waals surface area (Å²) in [5.74, 6) is 1.44. The van der Waals surface area contributed by atoms with Crippen molar-refractivity contribution >= 4 is 7.37 Å². The molecule has 0 aliphatic heterocycles. The van der Waals surface area contributed by atoms with Gasteiger partial charge in [0.2, 0.25) is 7.37 Å². The highest BCUT2D eigenvalue weighted by molar-refractivity contribution is 7.61. The van der Waals surface area contributed by atoms with Crippen LogP contribution in [-0.2, 0) is 4.57 Å². The lowest BCUT2D eigenvalue weighted by molar-refractivity contribution is 0.490. The van der Waals surface area contributed by atoms with E-state index in [1.165, 1.54) is 5.82 Å². The first kappa shape index (κ1) is 9.93. The van der Waals surface area contributed by atoms with Gasteiger partial charge in [0, 0.05) is 6.16 Å². The Morgan fingerprint density at radius 2 is 2.10 bits per heavy atom. The molecule has 0 aromatic carbocycles. The zero-order valence-corrected chi connectivity index (χ0v) is 7.47. The number of allylic oxidation sites excluding steroid dienone is 1. The van der Waals surface area contributed by atoms with Crippen LogP contribution in [0.15, 0.2) is 11.9 Å². The molecule has 0 bridgehead atoms. The van der Waals surface area contributed by atoms with Crippen LogP contribution in [0.2, 0.25) is 0 Å². The first-order valence-corrected chi connectivity index (χ1v) is 5.53. The van der Waals surface area contributed by atoms with Crippen LogP contribution in [0, 0.1) is 0 Å². The van der Waals surface area contributed by atoms with E-state index in [1.54, 1.807) is 13.0 Å². The monoisotopic (exact) mass is 162 g/mol. The quantitative estimate of drug-likeness (QED) is 0.645. The normalized spacial score (nSPS) is 17.5. The summed E-state index contributed by atoms with van der Waals surface area (Å²) in [5, 5.41) is 0. The van der Waals surface area contributed by atoms with Crippen molar-refractivity contribution < 1.29 is 9.46 Å². The fraction of sp³-hybridized carbons (Fsp3) is 0.714. The summed E-state index contributed by atoms with van der Waals surface area (Å²) in [6.45, 7) is 3.76. The van der Waals surface area contributed by atoms with Gasteiger partial charge < -0.3 is 4.89 Å². The van der Waals surface area contributed by atoms with E-state index in [9.17, 15) is 4.57 Å². The zero-order valence-electron chi connectivity index (χ0n) is 6.58. The molecule has 0 saturated carbocycles. The molecule has 2 nitrogen and oxygen atoms in total. The SMILES string of the molecule is CCCC=CP(=O)(O)CC. The highest BCUT2D eigenvalue weighted by Gasteiger charge is 2.07. The molecule has 0 amide bonds. The van der Waals surface area contributed by atoms with Crippen molar-refractivity contribution in [1.29, 1.82) is 0 Å². The smallest absolute Gasteiger partial charge is 0.222 e. The molecular weight excluding hydrogens is 147 g/mol. The lowest BCUT2D eigenvalue weighted by Crippen LogP contribution is -1.77. The van der Waals surface area contributed by atoms with Gasteiger partial charge >= 0.3 is 0 Å². The van der Waals surface area contributed by atoms with Crippen molar-refractivity contribution in [2.24, 2.45) is 0 Å². The van der Waals surface area contributed by atoms with Gasteiger partial charge in [0.25, 0.3) is 0 Å². The second kappa shape index (κ2) is 4.70. The average Bonchev–Trinajstić information content (AvgIpc) is 1.89. The van der Waals surface area contributed by atoms with Gasteiger partial charge in [-0.05, 0) is 12.2 Å². The van der Waals surface area contributed by atoms with Gasteiger partial charge in [-0.15, -0.1) is 0 Å². The molecule has 1 N–H and O–H groups in total. The van der Waals surface area contributed by atoms with Crippen molar-refractivity contribution in [2.75, 3.05) is 6.16 Å². The number of hydrogen-bond acceptors (Lipinski definition) is 1. The van der Waals surface area contributed by atoms with Crippen molar-refractivity contribution in [1.82, 2.24) is 0 Å². The number of rotatable bonds is 4. The third-order valence-electron chi connectivity index (χ3n) is 1.25. The van der Waals surface area contributed by atoms with Crippen LogP contribution < -0.4 is 0 Å². The lowest BCUT2D eigenvalue weighted by atomic mass is 10.3. The summed E-state index contributed by atoms with van der Waals surface area (Å²) < 4.78 is 10.9. The summed E-state index contributed by atoms with van der Waals surface area (Å²) in [4.78, 5) is 9.02. The van der Waals surface area contributed by atoms with Gasteiger partial charge in [-0.1, -0.05) is 26.3 Å². The van der Waals surface area contributed by atoms with Gasteiger partial charge in [-0.2, -0.15) is 0 Å². The molecule has 0 aromatic rings. The minimum absolute atomic E-state index is 0.340. The molecule has 0 heterocycles. The Bertz CT molecular complexity index is 152. The lowest BCUT2D eigenvalue weighted by Gasteiger charge is -1.99. The maximum absolute atomic E-state index is 10.9. The molecule has 0 saturated heterocycles. The van der Waals surface area contributed by atoms with E-state index in [0.29, 0.717) is 6.16 Å². The Morgan fingerprint density at radius 3 is 2.50 bits per heavy atom. The molecule has 0 rings (SSSR count). The Morgan fingerprint density at radius 1 is 1.50 bits per heavy atom. The topological polar surface area (TPSA) is 37.3 Å². The van der Waals surface area contributed by atoms with Crippen LogP contribution in [-0.4, -0.2) is 11.1 Å². The van der Waals surface area contributed by atoms with E-state index in [1.807, 2.05) is 6.92 Å². The fourth-order valence-electron chi connectivity index (χ4n) is 0.511. The Kier molecular flexibility index (Phi) is 4.67. The van der Waals surface area contributed by atoms with Crippen LogP contribution in [0.25, 0.3) is 0 Å². The molecular formula is C7H15O2P. The van der Waals surface area contributed by atoms with Crippen molar-refractivity contribution in [3.8, 4) is 0 Å². The van der Waals surface area contributed by atoms with E-state index in [2.05, 4.69) is 0 Å². The fourth-order valence-corrected chi connectivity index (χ4v) is 1.20. The van der Waals surface area contributed by atoms with Gasteiger partial charge in [0.15, 0.2) is 0 Å². The summed E-state index contributed by atoms with van der Waals surface area (Å²) in [5.41, 5.74) is 0. The van der Waals surface area contributed by atoms with E-state index in [0.717, 1.165) is 12.8 Å². The standard InChI is InChI=1S/C7H15O2P/c1-3-5-6-7-10(8,9)4-2/h6-7H,3-5H2,1-2H3,(H,8,9). The predicted molar refractivity (Wildman–Crippen MR) is 44.4 cm³/mol. The van der Waals surface area contributed by atoms with Crippen LogP contribution in [0.4, 0.5) is 0 Å². The van der Waals surface area contributed by atoms with Crippen LogP contribution in [0.3, 0.4) is 0 Å². The molecule has 1 unspecified atom stereocenters. The summed E-state index contributed by atoms with van der Waals surface area (Å²) >= 11 is 0. The highest BCUT2D eigenvalue weighted by Crippen LogP contribution is 2.41. The summed E-state index contributed by atoms with van der Waals surface area (Å²) in [7, 11) is -2.88. The van der Waals surface area contributed by atoms with Crippen LogP contribution >= 0.6 is 7.37 Å². The average molecular weight is 162 g/mol. The summed E-state index contributed by atoms with van der Waals surface area (Å²) in [6, 6.07) is 0. The molecule has 10 heavy (non-hydrogen) atoms. The molecule has 3 heteroatoms. The molecule has 0 radical (unpaired) electrons. The van der Waals surface area contributed by atoms with E-state index < -0.39 is 7.37 Å². The zero-order chi connectivity index (χ0) is 8.04. The maximum Gasteiger partial charge on any atom is 0.222 e. The number of unbranched alkanes of at least 4 members (excludes halogenated alkanes) is 1. The first-order chi connectivity index (χ1) is 4.62. The molecule has 0 aliphatic rings. The molecule has 1 atom stereocenters. The second-order valence-electron chi connectivity index (χ2n) is 2.25. The Labute approximate surface area is 62.4 Å². The summed E-state index contributed by atoms with van der Waals surface area (Å²) in [6.07, 6.45) is 4.04. The predicted octanol–water partition coefficient (Wildman–Crippen LogP) is 2.59. The third-order valence-corrected chi connectivity index (χ3v) is 2.83. The van der Waals surface area contributed by atoms with Gasteiger partial charge in [-0.25, -0.2) is 0 Å². The van der Waals surface area contributed by atoms with E-state index in [-0.39, 0.29) is 0 Å². The molecule has 60 valence electrons. The molecule has 0 fully saturated rings. The van der Waals surface area contributed by atoms with Gasteiger partial charge in [0.1, 0.15) is 0 Å². The largest absolute Gasteiger partial charge is 0.341 e.